The smallest absolute Gasteiger partial charge is 0.246 e. The third kappa shape index (κ3) is 5.35. The molecule has 1 aliphatic heterocycles. The maximum Gasteiger partial charge on any atom is 0.246 e. The fraction of sp³-hybridized carbons (Fsp3) is 0.312. The van der Waals surface area contributed by atoms with E-state index in [9.17, 15) is 9.59 Å². The molecule has 0 unspecified atom stereocenters. The van der Waals surface area contributed by atoms with Crippen molar-refractivity contribution in [1.29, 1.82) is 0 Å². The summed E-state index contributed by atoms with van der Waals surface area (Å²) < 4.78 is 0. The number of rotatable bonds is 7. The van der Waals surface area contributed by atoms with Gasteiger partial charge in [-0.3, -0.25) is 14.7 Å². The predicted molar refractivity (Wildman–Crippen MR) is 156 cm³/mol. The van der Waals surface area contributed by atoms with Crippen molar-refractivity contribution in [3.05, 3.63) is 89.6 Å². The molecule has 0 saturated carbocycles. The van der Waals surface area contributed by atoms with Gasteiger partial charge in [-0.25, -0.2) is 4.98 Å². The second kappa shape index (κ2) is 10.5. The number of likely N-dealkylation sites (tertiary alicyclic amines) is 1. The number of H-pyrrole nitrogens is 1. The van der Waals surface area contributed by atoms with Gasteiger partial charge in [0, 0.05) is 37.3 Å². The Hall–Kier alpha value is -4.26. The number of nitrogens with zero attached hydrogens (tertiary/aromatic N) is 3. The quantitative estimate of drug-likeness (QED) is 0.235. The number of hydrogen-bond donors (Lipinski definition) is 2. The minimum atomic E-state index is -0.0549. The Morgan fingerprint density at radius 1 is 1.13 bits per heavy atom. The van der Waals surface area contributed by atoms with Gasteiger partial charge in [0.25, 0.3) is 0 Å². The first-order valence-corrected chi connectivity index (χ1v) is 13.4. The van der Waals surface area contributed by atoms with Crippen LogP contribution in [-0.2, 0) is 16.6 Å². The van der Waals surface area contributed by atoms with Crippen LogP contribution < -0.4 is 5.32 Å². The summed E-state index contributed by atoms with van der Waals surface area (Å²) >= 11 is 0. The lowest BCUT2D eigenvalue weighted by Gasteiger charge is -2.19. The van der Waals surface area contributed by atoms with Gasteiger partial charge in [-0.05, 0) is 58.7 Å². The standard InChI is InChI=1S/C32H35N5O2/c1-6-28(39)37-17-15-24(19-37)34-31-29-26(14-16-33-30(29)35-36-31)25-9-7-8-22(20(25)2)18-27(38)21-10-12-23(13-11-21)32(3,4)5/h6-14,16,24H,1,15,17-19H2,2-5H3,(H2,33,34,35,36)/t24-/m1/s1. The fourth-order valence-corrected chi connectivity index (χ4v) is 5.28. The number of anilines is 1. The normalized spacial score (nSPS) is 15.5. The van der Waals surface area contributed by atoms with E-state index < -0.39 is 0 Å². The van der Waals surface area contributed by atoms with Crippen LogP contribution in [0.4, 0.5) is 5.82 Å². The van der Waals surface area contributed by atoms with E-state index in [1.807, 2.05) is 30.3 Å². The van der Waals surface area contributed by atoms with E-state index >= 15 is 0 Å². The van der Waals surface area contributed by atoms with Crippen LogP contribution in [0.3, 0.4) is 0 Å². The highest BCUT2D eigenvalue weighted by Gasteiger charge is 2.26. The average molecular weight is 522 g/mol. The number of Topliss-reactive ketones (excluding diaryl/α,β-unsaturated/α-hetero) is 1. The van der Waals surface area contributed by atoms with Crippen LogP contribution in [-0.4, -0.2) is 50.9 Å². The molecule has 2 aromatic heterocycles. The SMILES string of the molecule is C=CC(=O)N1CC[C@@H](Nc2n[nH]c3nccc(-c4cccc(CC(=O)c5ccc(C(C)(C)C)cc5)c4C)c23)C1. The van der Waals surface area contributed by atoms with Crippen molar-refractivity contribution in [2.75, 3.05) is 18.4 Å². The van der Waals surface area contributed by atoms with Crippen molar-refractivity contribution in [2.45, 2.75) is 52.0 Å². The highest BCUT2D eigenvalue weighted by Crippen LogP contribution is 2.35. The van der Waals surface area contributed by atoms with Crippen LogP contribution in [0.25, 0.3) is 22.2 Å². The minimum Gasteiger partial charge on any atom is -0.363 e. The first-order valence-electron chi connectivity index (χ1n) is 13.4. The Balaban J connectivity index is 1.42. The van der Waals surface area contributed by atoms with Gasteiger partial charge in [0.2, 0.25) is 5.91 Å². The number of nitrogens with one attached hydrogen (secondary N) is 2. The first kappa shape index (κ1) is 26.4. The summed E-state index contributed by atoms with van der Waals surface area (Å²) in [5.74, 6) is 0.757. The summed E-state index contributed by atoms with van der Waals surface area (Å²) in [4.78, 5) is 31.5. The number of benzene rings is 2. The van der Waals surface area contributed by atoms with Crippen LogP contribution in [0.1, 0.15) is 54.2 Å². The van der Waals surface area contributed by atoms with E-state index in [2.05, 4.69) is 73.0 Å². The molecule has 3 heterocycles. The van der Waals surface area contributed by atoms with E-state index in [0.717, 1.165) is 39.6 Å². The minimum absolute atomic E-state index is 0.0450. The Morgan fingerprint density at radius 2 is 1.90 bits per heavy atom. The number of ketones is 1. The summed E-state index contributed by atoms with van der Waals surface area (Å²) in [6.07, 6.45) is 4.29. The highest BCUT2D eigenvalue weighted by atomic mass is 16.2. The molecular formula is C32H35N5O2. The molecule has 2 N–H and O–H groups in total. The van der Waals surface area contributed by atoms with E-state index in [0.29, 0.717) is 31.0 Å². The van der Waals surface area contributed by atoms with E-state index in [4.69, 9.17) is 0 Å². The molecule has 1 atom stereocenters. The Bertz CT molecular complexity index is 1550. The third-order valence-corrected chi connectivity index (χ3v) is 7.64. The molecule has 4 aromatic rings. The monoisotopic (exact) mass is 521 g/mol. The van der Waals surface area contributed by atoms with Crippen LogP contribution in [0, 0.1) is 6.92 Å². The molecule has 7 nitrogen and oxygen atoms in total. The molecule has 200 valence electrons. The van der Waals surface area contributed by atoms with Gasteiger partial charge in [-0.2, -0.15) is 5.10 Å². The number of fused-ring (bicyclic) bond motifs is 1. The van der Waals surface area contributed by atoms with Crippen molar-refractivity contribution >= 4 is 28.5 Å². The number of carbonyl (C=O) groups is 2. The topological polar surface area (TPSA) is 91.0 Å². The Morgan fingerprint density at radius 3 is 2.62 bits per heavy atom. The largest absolute Gasteiger partial charge is 0.363 e. The lowest BCUT2D eigenvalue weighted by atomic mass is 9.86. The maximum absolute atomic E-state index is 13.2. The first-order chi connectivity index (χ1) is 18.7. The summed E-state index contributed by atoms with van der Waals surface area (Å²) in [6, 6.07) is 16.2. The highest BCUT2D eigenvalue weighted by molar-refractivity contribution is 6.02. The summed E-state index contributed by atoms with van der Waals surface area (Å²) in [6.45, 7) is 13.5. The summed E-state index contributed by atoms with van der Waals surface area (Å²) in [5.41, 5.74) is 6.75. The molecule has 39 heavy (non-hydrogen) atoms. The van der Waals surface area contributed by atoms with Crippen molar-refractivity contribution in [3.63, 3.8) is 0 Å². The molecule has 1 fully saturated rings. The number of carbonyl (C=O) groups excluding carboxylic acids is 2. The maximum atomic E-state index is 13.2. The molecule has 0 aliphatic carbocycles. The van der Waals surface area contributed by atoms with Gasteiger partial charge >= 0.3 is 0 Å². The molecule has 1 amide bonds. The van der Waals surface area contributed by atoms with Gasteiger partial charge in [0.05, 0.1) is 5.39 Å². The average Bonchev–Trinajstić information content (AvgIpc) is 3.56. The van der Waals surface area contributed by atoms with Gasteiger partial charge in [0.1, 0.15) is 0 Å². The van der Waals surface area contributed by atoms with Crippen molar-refractivity contribution in [2.24, 2.45) is 0 Å². The number of pyridine rings is 1. The summed E-state index contributed by atoms with van der Waals surface area (Å²) in [7, 11) is 0. The van der Waals surface area contributed by atoms with Gasteiger partial charge < -0.3 is 10.2 Å². The third-order valence-electron chi connectivity index (χ3n) is 7.64. The molecule has 1 aliphatic rings. The number of aromatic nitrogens is 3. The zero-order chi connectivity index (χ0) is 27.7. The van der Waals surface area contributed by atoms with E-state index in [1.165, 1.54) is 11.6 Å². The Kier molecular flexibility index (Phi) is 7.08. The van der Waals surface area contributed by atoms with Crippen molar-refractivity contribution in [1.82, 2.24) is 20.1 Å². The zero-order valence-electron chi connectivity index (χ0n) is 23.0. The lowest BCUT2D eigenvalue weighted by Crippen LogP contribution is -2.30. The van der Waals surface area contributed by atoms with Crippen molar-refractivity contribution in [3.8, 4) is 11.1 Å². The second-order valence-corrected chi connectivity index (χ2v) is 11.3. The predicted octanol–water partition coefficient (Wildman–Crippen LogP) is 5.86. The molecule has 0 radical (unpaired) electrons. The molecule has 7 heteroatoms. The van der Waals surface area contributed by atoms with Gasteiger partial charge in [-0.1, -0.05) is 69.8 Å². The van der Waals surface area contributed by atoms with Crippen LogP contribution in [0.5, 0.6) is 0 Å². The zero-order valence-corrected chi connectivity index (χ0v) is 23.0. The second-order valence-electron chi connectivity index (χ2n) is 11.3. The molecule has 5 rings (SSSR count). The van der Waals surface area contributed by atoms with Crippen LogP contribution in [0.2, 0.25) is 0 Å². The van der Waals surface area contributed by atoms with Crippen LogP contribution >= 0.6 is 0 Å². The van der Waals surface area contributed by atoms with E-state index in [1.54, 1.807) is 11.1 Å². The molecule has 2 aromatic carbocycles. The van der Waals surface area contributed by atoms with Crippen molar-refractivity contribution < 1.29 is 9.59 Å². The number of aromatic amines is 1. The van der Waals surface area contributed by atoms with Gasteiger partial charge in [-0.15, -0.1) is 0 Å². The molecular weight excluding hydrogens is 486 g/mol. The summed E-state index contributed by atoms with van der Waals surface area (Å²) in [5, 5.41) is 12.0. The Labute approximate surface area is 229 Å². The molecule has 1 saturated heterocycles. The number of hydrogen-bond acceptors (Lipinski definition) is 5. The fourth-order valence-electron chi connectivity index (χ4n) is 5.28. The molecule has 0 bridgehead atoms. The van der Waals surface area contributed by atoms with Crippen LogP contribution in [0.15, 0.2) is 67.4 Å². The lowest BCUT2D eigenvalue weighted by molar-refractivity contribution is -0.125. The number of amides is 1. The van der Waals surface area contributed by atoms with E-state index in [-0.39, 0.29) is 23.1 Å². The molecule has 0 spiro atoms. The van der Waals surface area contributed by atoms with Gasteiger partial charge in [0.15, 0.2) is 17.2 Å².